The van der Waals surface area contributed by atoms with Crippen molar-refractivity contribution in [1.82, 2.24) is 0 Å². The fourth-order valence-electron chi connectivity index (χ4n) is 0.400. The lowest BCUT2D eigenvalue weighted by molar-refractivity contribution is 0.293. The molecule has 0 unspecified atom stereocenters. The largest absolute Gasteiger partial charge is 0.333 e. The highest BCUT2D eigenvalue weighted by Crippen LogP contribution is 1.99. The van der Waals surface area contributed by atoms with Gasteiger partial charge in [-0.25, -0.2) is 5.14 Å². The molecule has 0 aliphatic heterocycles. The number of rotatable bonds is 4. The van der Waals surface area contributed by atoms with Gasteiger partial charge in [0.05, 0.1) is 6.61 Å². The highest BCUT2D eigenvalue weighted by atomic mass is 32.2. The average molecular weight is 167 g/mol. The lowest BCUT2D eigenvalue weighted by Gasteiger charge is -2.02. The van der Waals surface area contributed by atoms with Gasteiger partial charge in [0.15, 0.2) is 0 Å². The topological polar surface area (TPSA) is 69.4 Å². The Morgan fingerprint density at radius 2 is 2.00 bits per heavy atom. The molecule has 0 heterocycles. The molecule has 5 heteroatoms. The first-order valence-corrected chi connectivity index (χ1v) is 4.56. The molecule has 0 saturated carbocycles. The number of hydrogen-bond donors (Lipinski definition) is 1. The predicted molar refractivity (Wildman–Crippen MR) is 38.5 cm³/mol. The maximum Gasteiger partial charge on any atom is 0.333 e. The molecule has 0 aromatic carbocycles. The zero-order valence-corrected chi connectivity index (χ0v) is 7.02. The normalized spacial score (nSPS) is 12.4. The van der Waals surface area contributed by atoms with Gasteiger partial charge in [-0.2, -0.15) is 8.42 Å². The summed E-state index contributed by atoms with van der Waals surface area (Å²) in [5, 5.41) is 4.57. The lowest BCUT2D eigenvalue weighted by Crippen LogP contribution is -2.17. The summed E-state index contributed by atoms with van der Waals surface area (Å²) in [4.78, 5) is 0. The van der Waals surface area contributed by atoms with Gasteiger partial charge in [-0.3, -0.25) is 4.18 Å². The quantitative estimate of drug-likeness (QED) is 0.652. The molecule has 0 spiro atoms. The van der Waals surface area contributed by atoms with E-state index in [2.05, 4.69) is 9.32 Å². The van der Waals surface area contributed by atoms with Gasteiger partial charge in [0.1, 0.15) is 0 Å². The highest BCUT2D eigenvalue weighted by molar-refractivity contribution is 7.84. The van der Waals surface area contributed by atoms with Crippen LogP contribution in [-0.4, -0.2) is 15.0 Å². The summed E-state index contributed by atoms with van der Waals surface area (Å²) in [5.41, 5.74) is 0. The number of nitrogens with two attached hydrogens (primary N) is 1. The van der Waals surface area contributed by atoms with E-state index in [1.807, 2.05) is 13.8 Å². The second-order valence-electron chi connectivity index (χ2n) is 2.50. The zero-order valence-electron chi connectivity index (χ0n) is 6.20. The van der Waals surface area contributed by atoms with Gasteiger partial charge in [0, 0.05) is 0 Å². The fraction of sp³-hybridized carbons (Fsp3) is 1.00. The molecule has 0 aromatic rings. The molecule has 0 rings (SSSR count). The third-order valence-electron chi connectivity index (χ3n) is 0.943. The van der Waals surface area contributed by atoms with Crippen LogP contribution in [-0.2, 0) is 14.5 Å². The Morgan fingerprint density at radius 1 is 1.50 bits per heavy atom. The minimum atomic E-state index is -3.72. The third kappa shape index (κ3) is 7.87. The highest BCUT2D eigenvalue weighted by Gasteiger charge is 2.01. The summed E-state index contributed by atoms with van der Waals surface area (Å²) in [7, 11) is -3.72. The first-order chi connectivity index (χ1) is 4.42. The van der Waals surface area contributed by atoms with Crippen molar-refractivity contribution in [2.45, 2.75) is 20.3 Å². The maximum atomic E-state index is 10.2. The summed E-state index contributed by atoms with van der Waals surface area (Å²) >= 11 is 0. The molecule has 4 nitrogen and oxygen atoms in total. The minimum Gasteiger partial charge on any atom is -0.258 e. The van der Waals surface area contributed by atoms with Crippen LogP contribution < -0.4 is 5.14 Å². The molecule has 2 N–H and O–H groups in total. The third-order valence-corrected chi connectivity index (χ3v) is 1.44. The molecule has 0 amide bonds. The molecule has 0 bridgehead atoms. The van der Waals surface area contributed by atoms with E-state index in [-0.39, 0.29) is 6.61 Å². The Hall–Kier alpha value is -0.130. The van der Waals surface area contributed by atoms with Crippen LogP contribution in [0.1, 0.15) is 20.3 Å². The van der Waals surface area contributed by atoms with Crippen LogP contribution >= 0.6 is 0 Å². The Morgan fingerprint density at radius 3 is 2.30 bits per heavy atom. The molecule has 0 fully saturated rings. The molecular weight excluding hydrogens is 154 g/mol. The smallest absolute Gasteiger partial charge is 0.258 e. The van der Waals surface area contributed by atoms with Crippen molar-refractivity contribution in [2.24, 2.45) is 11.1 Å². The van der Waals surface area contributed by atoms with Crippen LogP contribution in [0.15, 0.2) is 0 Å². The molecule has 0 atom stereocenters. The van der Waals surface area contributed by atoms with Crippen molar-refractivity contribution in [3.8, 4) is 0 Å². The molecule has 0 aromatic heterocycles. The van der Waals surface area contributed by atoms with Crippen molar-refractivity contribution in [1.29, 1.82) is 0 Å². The second-order valence-corrected chi connectivity index (χ2v) is 3.72. The van der Waals surface area contributed by atoms with Crippen LogP contribution in [0.3, 0.4) is 0 Å². The molecule has 62 valence electrons. The fourth-order valence-corrected chi connectivity index (χ4v) is 0.729. The molecule has 0 aliphatic rings. The maximum absolute atomic E-state index is 10.2. The van der Waals surface area contributed by atoms with E-state index in [1.165, 1.54) is 0 Å². The van der Waals surface area contributed by atoms with E-state index < -0.39 is 10.3 Å². The summed E-state index contributed by atoms with van der Waals surface area (Å²) in [5.74, 6) is 0.432. The van der Waals surface area contributed by atoms with Crippen LogP contribution in [0, 0.1) is 5.92 Å². The van der Waals surface area contributed by atoms with Crippen LogP contribution in [0.5, 0.6) is 0 Å². The van der Waals surface area contributed by atoms with Crippen LogP contribution in [0.2, 0.25) is 0 Å². The van der Waals surface area contributed by atoms with Gasteiger partial charge in [-0.05, 0) is 12.3 Å². The van der Waals surface area contributed by atoms with Gasteiger partial charge < -0.3 is 0 Å². The Bertz CT molecular complexity index is 173. The lowest BCUT2D eigenvalue weighted by atomic mass is 10.2. The zero-order chi connectivity index (χ0) is 8.20. The molecular formula is C5H13NO3S. The van der Waals surface area contributed by atoms with Gasteiger partial charge in [0.2, 0.25) is 0 Å². The van der Waals surface area contributed by atoms with E-state index >= 15 is 0 Å². The Balaban J connectivity index is 3.39. The monoisotopic (exact) mass is 167 g/mol. The van der Waals surface area contributed by atoms with Crippen LogP contribution in [0.25, 0.3) is 0 Å². The van der Waals surface area contributed by atoms with E-state index in [4.69, 9.17) is 0 Å². The van der Waals surface area contributed by atoms with Crippen molar-refractivity contribution in [3.05, 3.63) is 0 Å². The van der Waals surface area contributed by atoms with Gasteiger partial charge >= 0.3 is 10.3 Å². The van der Waals surface area contributed by atoms with Crippen LogP contribution in [0.4, 0.5) is 0 Å². The molecule has 0 saturated heterocycles. The van der Waals surface area contributed by atoms with Gasteiger partial charge in [0.25, 0.3) is 0 Å². The summed E-state index contributed by atoms with van der Waals surface area (Å²) in [6, 6.07) is 0. The van der Waals surface area contributed by atoms with Gasteiger partial charge in [-0.1, -0.05) is 13.8 Å². The average Bonchev–Trinajstić information content (AvgIpc) is 1.59. The molecule has 10 heavy (non-hydrogen) atoms. The minimum absolute atomic E-state index is 0.177. The van der Waals surface area contributed by atoms with Crippen molar-refractivity contribution >= 4 is 10.3 Å². The van der Waals surface area contributed by atoms with E-state index in [9.17, 15) is 8.42 Å². The first-order valence-electron chi connectivity index (χ1n) is 3.09. The predicted octanol–water partition coefficient (Wildman–Crippen LogP) is 0.253. The number of hydrogen-bond acceptors (Lipinski definition) is 3. The summed E-state index contributed by atoms with van der Waals surface area (Å²) in [6.45, 7) is 4.13. The van der Waals surface area contributed by atoms with E-state index in [1.54, 1.807) is 0 Å². The Kier molecular flexibility index (Phi) is 3.85. The molecule has 0 radical (unpaired) electrons. The SMILES string of the molecule is CC(C)CCOS(N)(=O)=O. The second kappa shape index (κ2) is 3.90. The van der Waals surface area contributed by atoms with Crippen molar-refractivity contribution < 1.29 is 12.6 Å². The van der Waals surface area contributed by atoms with Gasteiger partial charge in [-0.15, -0.1) is 0 Å². The first kappa shape index (κ1) is 9.87. The summed E-state index contributed by atoms with van der Waals surface area (Å²) < 4.78 is 24.6. The van der Waals surface area contributed by atoms with Crippen molar-refractivity contribution in [3.63, 3.8) is 0 Å². The standard InChI is InChI=1S/C5H13NO3S/c1-5(2)3-4-9-10(6,7)8/h5H,3-4H2,1-2H3,(H2,6,7,8). The Labute approximate surface area is 61.6 Å². The summed E-state index contributed by atoms with van der Waals surface area (Å²) in [6.07, 6.45) is 0.705. The van der Waals surface area contributed by atoms with Crippen molar-refractivity contribution in [2.75, 3.05) is 6.61 Å². The van der Waals surface area contributed by atoms with E-state index in [0.717, 1.165) is 0 Å². The molecule has 0 aliphatic carbocycles. The van der Waals surface area contributed by atoms with E-state index in [0.29, 0.717) is 12.3 Å².